The number of carbonyl (C=O) groups is 1. The van der Waals surface area contributed by atoms with Crippen LogP contribution in [0.5, 0.6) is 0 Å². The number of hydrogen-bond donors (Lipinski definition) is 2. The van der Waals surface area contributed by atoms with Crippen LogP contribution in [0, 0.1) is 0 Å². The molecule has 4 nitrogen and oxygen atoms in total. The smallest absolute Gasteiger partial charge is 0.251 e. The van der Waals surface area contributed by atoms with E-state index in [1.165, 1.54) is 5.56 Å². The first-order chi connectivity index (χ1) is 8.79. The Labute approximate surface area is 108 Å². The molecule has 0 saturated carbocycles. The molecule has 2 N–H and O–H groups in total. The first kappa shape index (κ1) is 13.1. The summed E-state index contributed by atoms with van der Waals surface area (Å²) in [5.41, 5.74) is 1.90. The summed E-state index contributed by atoms with van der Waals surface area (Å²) in [5, 5.41) is 6.14. The monoisotopic (exact) mass is 248 g/mol. The number of carbonyl (C=O) groups excluding carboxylic acids is 1. The topological polar surface area (TPSA) is 50.4 Å². The minimum absolute atomic E-state index is 0.0426. The molecule has 0 atom stereocenters. The molecule has 1 saturated heterocycles. The largest absolute Gasteiger partial charge is 0.381 e. The standard InChI is InChI=1S/C14H20N2O2/c1-15-14(17)12-4-2-11(3-5-12)10-16-13-6-8-18-9-7-13/h2-5,13,16H,6-10H2,1H3,(H,15,17). The highest BCUT2D eigenvalue weighted by Crippen LogP contribution is 2.09. The second kappa shape index (κ2) is 6.52. The summed E-state index contributed by atoms with van der Waals surface area (Å²) < 4.78 is 5.32. The van der Waals surface area contributed by atoms with Gasteiger partial charge in [-0.1, -0.05) is 12.1 Å². The summed E-state index contributed by atoms with van der Waals surface area (Å²) in [4.78, 5) is 11.4. The maximum absolute atomic E-state index is 11.4. The Kier molecular flexibility index (Phi) is 4.73. The third-order valence-corrected chi connectivity index (χ3v) is 3.26. The third-order valence-electron chi connectivity index (χ3n) is 3.26. The van der Waals surface area contributed by atoms with Gasteiger partial charge < -0.3 is 15.4 Å². The van der Waals surface area contributed by atoms with E-state index in [1.54, 1.807) is 7.05 Å². The molecule has 0 unspecified atom stereocenters. The van der Waals surface area contributed by atoms with Gasteiger partial charge in [-0.05, 0) is 30.5 Å². The van der Waals surface area contributed by atoms with E-state index in [9.17, 15) is 4.79 Å². The van der Waals surface area contributed by atoms with Gasteiger partial charge in [-0.25, -0.2) is 0 Å². The SMILES string of the molecule is CNC(=O)c1ccc(CNC2CCOCC2)cc1. The van der Waals surface area contributed by atoms with Crippen molar-refractivity contribution in [2.45, 2.75) is 25.4 Å². The van der Waals surface area contributed by atoms with Gasteiger partial charge in [-0.15, -0.1) is 0 Å². The van der Waals surface area contributed by atoms with Crippen LogP contribution in [0.4, 0.5) is 0 Å². The average molecular weight is 248 g/mol. The zero-order valence-electron chi connectivity index (χ0n) is 10.7. The third kappa shape index (κ3) is 3.55. The van der Waals surface area contributed by atoms with Crippen LogP contribution in [0.1, 0.15) is 28.8 Å². The molecule has 0 aromatic heterocycles. The average Bonchev–Trinajstić information content (AvgIpc) is 2.46. The van der Waals surface area contributed by atoms with E-state index in [2.05, 4.69) is 10.6 Å². The number of benzene rings is 1. The molecule has 2 rings (SSSR count). The molecule has 1 aliphatic rings. The van der Waals surface area contributed by atoms with Gasteiger partial charge in [0.05, 0.1) is 0 Å². The molecule has 1 aromatic rings. The maximum Gasteiger partial charge on any atom is 0.251 e. The predicted octanol–water partition coefficient (Wildman–Crippen LogP) is 1.31. The van der Waals surface area contributed by atoms with Crippen LogP contribution in [0.15, 0.2) is 24.3 Å². The number of ether oxygens (including phenoxy) is 1. The minimum Gasteiger partial charge on any atom is -0.381 e. The summed E-state index contributed by atoms with van der Waals surface area (Å²) in [7, 11) is 1.64. The van der Waals surface area contributed by atoms with Crippen molar-refractivity contribution < 1.29 is 9.53 Å². The number of nitrogens with one attached hydrogen (secondary N) is 2. The second-order valence-electron chi connectivity index (χ2n) is 4.54. The molecule has 98 valence electrons. The molecule has 0 radical (unpaired) electrons. The zero-order chi connectivity index (χ0) is 12.8. The zero-order valence-corrected chi connectivity index (χ0v) is 10.7. The quantitative estimate of drug-likeness (QED) is 0.845. The first-order valence-corrected chi connectivity index (χ1v) is 6.42. The molecule has 4 heteroatoms. The van der Waals surface area contributed by atoms with Crippen molar-refractivity contribution in [2.75, 3.05) is 20.3 Å². The van der Waals surface area contributed by atoms with E-state index < -0.39 is 0 Å². The van der Waals surface area contributed by atoms with E-state index in [0.717, 1.165) is 32.6 Å². The molecule has 1 heterocycles. The Morgan fingerprint density at radius 1 is 1.28 bits per heavy atom. The van der Waals surface area contributed by atoms with E-state index >= 15 is 0 Å². The van der Waals surface area contributed by atoms with Gasteiger partial charge in [0.15, 0.2) is 0 Å². The molecular weight excluding hydrogens is 228 g/mol. The van der Waals surface area contributed by atoms with Crippen molar-refractivity contribution in [1.82, 2.24) is 10.6 Å². The van der Waals surface area contributed by atoms with E-state index in [0.29, 0.717) is 11.6 Å². The minimum atomic E-state index is -0.0426. The second-order valence-corrected chi connectivity index (χ2v) is 4.54. The van der Waals surface area contributed by atoms with Gasteiger partial charge in [0.25, 0.3) is 5.91 Å². The Balaban J connectivity index is 1.84. The van der Waals surface area contributed by atoms with Gasteiger partial charge in [-0.2, -0.15) is 0 Å². The van der Waals surface area contributed by atoms with Crippen molar-refractivity contribution in [3.05, 3.63) is 35.4 Å². The summed E-state index contributed by atoms with van der Waals surface area (Å²) in [6, 6.07) is 8.27. The molecule has 1 fully saturated rings. The van der Waals surface area contributed by atoms with Crippen molar-refractivity contribution >= 4 is 5.91 Å². The lowest BCUT2D eigenvalue weighted by molar-refractivity contribution is 0.0776. The molecule has 0 bridgehead atoms. The normalized spacial score (nSPS) is 16.5. The molecular formula is C14H20N2O2. The lowest BCUT2D eigenvalue weighted by Gasteiger charge is -2.23. The van der Waals surface area contributed by atoms with Crippen LogP contribution in [0.3, 0.4) is 0 Å². The highest BCUT2D eigenvalue weighted by Gasteiger charge is 2.12. The summed E-state index contributed by atoms with van der Waals surface area (Å²) >= 11 is 0. The number of amides is 1. The van der Waals surface area contributed by atoms with Crippen molar-refractivity contribution in [3.8, 4) is 0 Å². The fraction of sp³-hybridized carbons (Fsp3) is 0.500. The van der Waals surface area contributed by atoms with Gasteiger partial charge in [0, 0.05) is 38.4 Å². The van der Waals surface area contributed by atoms with E-state index in [4.69, 9.17) is 4.74 Å². The first-order valence-electron chi connectivity index (χ1n) is 6.42. The highest BCUT2D eigenvalue weighted by atomic mass is 16.5. The lowest BCUT2D eigenvalue weighted by atomic mass is 10.1. The Bertz CT molecular complexity index is 383. The molecule has 18 heavy (non-hydrogen) atoms. The van der Waals surface area contributed by atoms with Crippen LogP contribution in [-0.2, 0) is 11.3 Å². The molecule has 1 amide bonds. The highest BCUT2D eigenvalue weighted by molar-refractivity contribution is 5.93. The fourth-order valence-corrected chi connectivity index (χ4v) is 2.08. The van der Waals surface area contributed by atoms with Gasteiger partial charge in [-0.3, -0.25) is 4.79 Å². The Morgan fingerprint density at radius 2 is 1.94 bits per heavy atom. The Morgan fingerprint density at radius 3 is 2.56 bits per heavy atom. The maximum atomic E-state index is 11.4. The van der Waals surface area contributed by atoms with Gasteiger partial charge in [0.1, 0.15) is 0 Å². The van der Waals surface area contributed by atoms with Crippen LogP contribution in [-0.4, -0.2) is 32.2 Å². The molecule has 0 aliphatic carbocycles. The van der Waals surface area contributed by atoms with Crippen LogP contribution in [0.2, 0.25) is 0 Å². The Hall–Kier alpha value is -1.39. The number of rotatable bonds is 4. The number of hydrogen-bond acceptors (Lipinski definition) is 3. The van der Waals surface area contributed by atoms with Crippen molar-refractivity contribution in [3.63, 3.8) is 0 Å². The van der Waals surface area contributed by atoms with Crippen molar-refractivity contribution in [1.29, 1.82) is 0 Å². The summed E-state index contributed by atoms with van der Waals surface area (Å²) in [6.45, 7) is 2.55. The van der Waals surface area contributed by atoms with Crippen LogP contribution < -0.4 is 10.6 Å². The van der Waals surface area contributed by atoms with E-state index in [1.807, 2.05) is 24.3 Å². The lowest BCUT2D eigenvalue weighted by Crippen LogP contribution is -2.34. The van der Waals surface area contributed by atoms with Gasteiger partial charge >= 0.3 is 0 Å². The van der Waals surface area contributed by atoms with Crippen LogP contribution in [0.25, 0.3) is 0 Å². The molecule has 0 spiro atoms. The fourth-order valence-electron chi connectivity index (χ4n) is 2.08. The summed E-state index contributed by atoms with van der Waals surface area (Å²) in [5.74, 6) is -0.0426. The molecule has 1 aliphatic heterocycles. The van der Waals surface area contributed by atoms with Gasteiger partial charge in [0.2, 0.25) is 0 Å². The van der Waals surface area contributed by atoms with E-state index in [-0.39, 0.29) is 5.91 Å². The predicted molar refractivity (Wildman–Crippen MR) is 70.5 cm³/mol. The van der Waals surface area contributed by atoms with Crippen LogP contribution >= 0.6 is 0 Å². The van der Waals surface area contributed by atoms with Crippen molar-refractivity contribution in [2.24, 2.45) is 0 Å². The summed E-state index contributed by atoms with van der Waals surface area (Å²) in [6.07, 6.45) is 2.16. The molecule has 1 aromatic carbocycles.